The van der Waals surface area contributed by atoms with E-state index >= 15 is 0 Å². The van der Waals surface area contributed by atoms with Crippen LogP contribution in [-0.2, 0) is 10.8 Å². The van der Waals surface area contributed by atoms with Crippen LogP contribution in [0.4, 0.5) is 0 Å². The van der Waals surface area contributed by atoms with E-state index < -0.39 is 0 Å². The lowest BCUT2D eigenvalue weighted by Gasteiger charge is -2.20. The summed E-state index contributed by atoms with van der Waals surface area (Å²) in [6.45, 7) is 25.8. The maximum Gasteiger partial charge on any atom is 0.159 e. The molecule has 8 bridgehead atoms. The molecule has 40 heavy (non-hydrogen) atoms. The van der Waals surface area contributed by atoms with Crippen molar-refractivity contribution in [1.82, 2.24) is 39.9 Å². The lowest BCUT2D eigenvalue weighted by molar-refractivity contribution is 0.566. The van der Waals surface area contributed by atoms with Crippen LogP contribution in [-0.4, -0.2) is 29.9 Å². The fourth-order valence-electron chi connectivity index (χ4n) is 4.79. The topological polar surface area (TPSA) is 106 Å². The van der Waals surface area contributed by atoms with Gasteiger partial charge in [-0.3, -0.25) is 0 Å². The largest absolute Gasteiger partial charge is 0.358 e. The average Bonchev–Trinajstić information content (AvgIpc) is 3.53. The second-order valence-electron chi connectivity index (χ2n) is 14.9. The first-order valence-electron chi connectivity index (χ1n) is 13.9. The van der Waals surface area contributed by atoms with Gasteiger partial charge in [-0.15, -0.1) is 0 Å². The molecule has 0 N–H and O–H groups in total. The van der Waals surface area contributed by atoms with E-state index in [1.165, 1.54) is 0 Å². The summed E-state index contributed by atoms with van der Waals surface area (Å²) in [7, 11) is 0. The molecule has 2 aliphatic heterocycles. The van der Waals surface area contributed by atoms with Gasteiger partial charge in [0.25, 0.3) is 0 Å². The summed E-state index contributed by atoms with van der Waals surface area (Å²) in [5.41, 5.74) is 5.59. The van der Waals surface area contributed by atoms with Crippen LogP contribution in [0.1, 0.15) is 118 Å². The highest BCUT2D eigenvalue weighted by Crippen LogP contribution is 2.38. The summed E-state index contributed by atoms with van der Waals surface area (Å²) in [5.74, 6) is 2.37. The van der Waals surface area contributed by atoms with E-state index in [9.17, 15) is 0 Å². The van der Waals surface area contributed by atoms with E-state index in [0.29, 0.717) is 45.9 Å². The molecule has 0 fully saturated rings. The summed E-state index contributed by atoms with van der Waals surface area (Å²) < 4.78 is 0. The van der Waals surface area contributed by atoms with Crippen LogP contribution in [0.15, 0.2) is 12.1 Å². The van der Waals surface area contributed by atoms with Crippen molar-refractivity contribution in [3.63, 3.8) is 0 Å². The van der Waals surface area contributed by atoms with Crippen molar-refractivity contribution in [2.45, 2.75) is 93.9 Å². The molecule has 0 unspecified atom stereocenters. The number of fused-ring (bicyclic) bond motifs is 8. The third kappa shape index (κ3) is 5.36. The van der Waals surface area contributed by atoms with Gasteiger partial charge < -0.3 is 24.9 Å². The van der Waals surface area contributed by atoms with Crippen molar-refractivity contribution in [3.8, 4) is 0 Å². The molecule has 3 aromatic heterocycles. The smallest absolute Gasteiger partial charge is 0.159 e. The number of rotatable bonds is 0. The number of aromatic nitrogens is 8. The summed E-state index contributed by atoms with van der Waals surface area (Å²) in [4.78, 5) is 39.2. The van der Waals surface area contributed by atoms with E-state index in [0.717, 1.165) is 22.3 Å². The number of nitrogens with zero attached hydrogens (tertiary/aromatic N) is 8. The molecule has 0 aliphatic carbocycles. The summed E-state index contributed by atoms with van der Waals surface area (Å²) >= 11 is 0. The van der Waals surface area contributed by atoms with E-state index in [4.69, 9.17) is 39.9 Å². The molecular weight excluding hydrogens is 496 g/mol. The highest BCUT2D eigenvalue weighted by atomic mass is 15.1. The van der Waals surface area contributed by atoms with E-state index in [-0.39, 0.29) is 21.7 Å². The lowest BCUT2D eigenvalue weighted by Crippen LogP contribution is -2.10. The Hall–Kier alpha value is -3.68. The van der Waals surface area contributed by atoms with Crippen molar-refractivity contribution in [2.75, 3.05) is 0 Å². The predicted octanol–water partition coefficient (Wildman–Crippen LogP) is 6.92. The van der Waals surface area contributed by atoms with Gasteiger partial charge in [0, 0.05) is 28.2 Å². The first-order chi connectivity index (χ1) is 18.3. The van der Waals surface area contributed by atoms with E-state index in [2.05, 4.69) is 83.1 Å². The Balaban J connectivity index is 1.96. The quantitative estimate of drug-likeness (QED) is 0.305. The normalized spacial score (nSPS) is 14.8. The first-order valence-corrected chi connectivity index (χ1v) is 13.9. The van der Waals surface area contributed by atoms with E-state index in [1.807, 2.05) is 24.3 Å². The maximum absolute atomic E-state index is 4.94. The highest BCUT2D eigenvalue weighted by Gasteiger charge is 2.27. The van der Waals surface area contributed by atoms with Crippen LogP contribution in [0, 0.1) is 10.8 Å². The molecule has 210 valence electrons. The van der Waals surface area contributed by atoms with Gasteiger partial charge in [0.05, 0.1) is 11.6 Å². The molecule has 0 amide bonds. The molecule has 0 spiro atoms. The Morgan fingerprint density at radius 3 is 1.25 bits per heavy atom. The van der Waals surface area contributed by atoms with Gasteiger partial charge in [-0.2, -0.15) is 0 Å². The zero-order valence-electron chi connectivity index (χ0n) is 25.9. The minimum Gasteiger partial charge on any atom is -0.358 e. The average molecular weight is 537 g/mol. The van der Waals surface area contributed by atoms with Crippen LogP contribution in [0.3, 0.4) is 0 Å². The monoisotopic (exact) mass is 536 g/mol. The number of hydrogen-bond acceptors (Lipinski definition) is 6. The minimum atomic E-state index is -0.194. The number of hydrogen-bond donors (Lipinski definition) is 0. The van der Waals surface area contributed by atoms with Crippen molar-refractivity contribution in [3.05, 3.63) is 46.6 Å². The SMILES string of the molecule is CC(C)(C)C1=Cc2nc1nc1nc(nc3cc(C(C)(C)C)c(nc4cc(C(C)(C)C)c(n2)[n-]4)[n-]3)C(C(C)(C)C)=C1. The predicted molar refractivity (Wildman–Crippen MR) is 162 cm³/mol. The van der Waals surface area contributed by atoms with Crippen LogP contribution in [0.25, 0.3) is 45.9 Å². The Kier molecular flexibility index (Phi) is 6.21. The first kappa shape index (κ1) is 27.9. The summed E-state index contributed by atoms with van der Waals surface area (Å²) in [6, 6.07) is 4.02. The van der Waals surface area contributed by atoms with Crippen LogP contribution in [0.5, 0.6) is 0 Å². The Morgan fingerprint density at radius 1 is 0.450 bits per heavy atom. The van der Waals surface area contributed by atoms with Gasteiger partial charge in [0.15, 0.2) is 11.6 Å². The fourth-order valence-corrected chi connectivity index (χ4v) is 4.79. The Labute approximate surface area is 237 Å². The van der Waals surface area contributed by atoms with Crippen LogP contribution in [0.2, 0.25) is 0 Å². The molecule has 3 aromatic rings. The second kappa shape index (κ2) is 8.91. The van der Waals surface area contributed by atoms with Crippen molar-refractivity contribution in [1.29, 1.82) is 0 Å². The zero-order valence-corrected chi connectivity index (χ0v) is 25.9. The third-order valence-electron chi connectivity index (χ3n) is 7.05. The molecule has 0 radical (unpaired) electrons. The molecule has 8 heteroatoms. The highest BCUT2D eigenvalue weighted by molar-refractivity contribution is 5.85. The lowest BCUT2D eigenvalue weighted by atomic mass is 9.86. The standard InChI is InChI=1S/C32H40N8/c1-29(2,3)17-13-21-33-25(17)37-22-14-18(30(4,5)6)27(34-22)39-24-16-20(32(10,11)12)28(36-24)40-23-15-19(31(7,8)9)26(35-23)38-21/h13-16H,1-12H3/q-2. The van der Waals surface area contributed by atoms with Gasteiger partial charge in [-0.05, 0) is 62.6 Å². The molecule has 5 heterocycles. The molecule has 0 atom stereocenters. The van der Waals surface area contributed by atoms with Crippen molar-refractivity contribution >= 4 is 45.9 Å². The molecule has 0 aromatic carbocycles. The fraction of sp³-hybridized carbons (Fsp3) is 0.500. The number of allylic oxidation sites excluding steroid dienone is 2. The summed E-state index contributed by atoms with van der Waals surface area (Å²) in [5, 5.41) is 0. The maximum atomic E-state index is 4.94. The molecule has 0 saturated heterocycles. The van der Waals surface area contributed by atoms with Crippen LogP contribution >= 0.6 is 0 Å². The summed E-state index contributed by atoms with van der Waals surface area (Å²) in [6.07, 6.45) is 4.02. The minimum absolute atomic E-state index is 0.194. The molecule has 8 nitrogen and oxygen atoms in total. The van der Waals surface area contributed by atoms with Crippen molar-refractivity contribution in [2.24, 2.45) is 10.8 Å². The molecule has 0 saturated carbocycles. The van der Waals surface area contributed by atoms with E-state index in [1.54, 1.807) is 0 Å². The van der Waals surface area contributed by atoms with Gasteiger partial charge in [0.1, 0.15) is 0 Å². The van der Waals surface area contributed by atoms with Gasteiger partial charge in [0.2, 0.25) is 0 Å². The molecular formula is C32H40N8-2. The Bertz CT molecular complexity index is 1720. The molecule has 5 rings (SSSR count). The molecule has 2 aliphatic rings. The third-order valence-corrected chi connectivity index (χ3v) is 7.05. The Morgan fingerprint density at radius 2 is 0.825 bits per heavy atom. The van der Waals surface area contributed by atoms with Crippen molar-refractivity contribution < 1.29 is 0 Å². The van der Waals surface area contributed by atoms with Crippen LogP contribution < -0.4 is 9.97 Å². The van der Waals surface area contributed by atoms with Gasteiger partial charge in [-0.25, -0.2) is 15.0 Å². The van der Waals surface area contributed by atoms with Gasteiger partial charge in [-0.1, -0.05) is 83.1 Å². The van der Waals surface area contributed by atoms with Gasteiger partial charge >= 0.3 is 0 Å². The second-order valence-corrected chi connectivity index (χ2v) is 14.9. The zero-order chi connectivity index (χ0) is 29.4.